The number of imide groups is 1. The highest BCUT2D eigenvalue weighted by Crippen LogP contribution is 2.19. The zero-order chi connectivity index (χ0) is 19.5. The maximum Gasteiger partial charge on any atom is 0.417 e. The molecule has 28 heavy (non-hydrogen) atoms. The van der Waals surface area contributed by atoms with Crippen LogP contribution in [0.3, 0.4) is 0 Å². The Labute approximate surface area is 160 Å². The monoisotopic (exact) mass is 375 g/mol. The number of nitrogens with zero attached hydrogens (tertiary/aromatic N) is 2. The zero-order valence-electron chi connectivity index (χ0n) is 14.9. The number of amides is 3. The highest BCUT2D eigenvalue weighted by Gasteiger charge is 2.33. The minimum Gasteiger partial charge on any atom is -0.439 e. The Kier molecular flexibility index (Phi) is 4.72. The van der Waals surface area contributed by atoms with Gasteiger partial charge in [-0.25, -0.2) is 14.7 Å². The van der Waals surface area contributed by atoms with Gasteiger partial charge in [0.2, 0.25) is 0 Å². The number of ether oxygens (including phenoxy) is 1. The van der Waals surface area contributed by atoms with Crippen LogP contribution in [0.15, 0.2) is 66.7 Å². The lowest BCUT2D eigenvalue weighted by Crippen LogP contribution is -2.40. The molecule has 1 aliphatic heterocycles. The third-order valence-electron chi connectivity index (χ3n) is 4.54. The Bertz CT molecular complexity index is 1040. The molecule has 1 saturated heterocycles. The zero-order valence-corrected chi connectivity index (χ0v) is 14.9. The summed E-state index contributed by atoms with van der Waals surface area (Å²) < 4.78 is 4.76. The topological polar surface area (TPSA) is 88.6 Å². The molecule has 0 spiro atoms. The summed E-state index contributed by atoms with van der Waals surface area (Å²) in [6.45, 7) is -0.290. The first-order valence-electron chi connectivity index (χ1n) is 8.80. The first-order valence-corrected chi connectivity index (χ1v) is 8.80. The fourth-order valence-electron chi connectivity index (χ4n) is 3.08. The summed E-state index contributed by atoms with van der Waals surface area (Å²) in [5, 5.41) is 3.81. The molecule has 1 aromatic heterocycles. The number of para-hydroxylation sites is 1. The predicted octanol–water partition coefficient (Wildman–Crippen LogP) is 2.68. The van der Waals surface area contributed by atoms with Crippen molar-refractivity contribution in [2.24, 2.45) is 0 Å². The maximum absolute atomic E-state index is 12.8. The molecular weight excluding hydrogens is 358 g/mol. The number of carbonyl (C=O) groups excluding carboxylic acids is 3. The van der Waals surface area contributed by atoms with Crippen molar-refractivity contribution in [3.63, 3.8) is 0 Å². The second kappa shape index (κ2) is 7.48. The highest BCUT2D eigenvalue weighted by atomic mass is 16.6. The van der Waals surface area contributed by atoms with Crippen LogP contribution in [0.5, 0.6) is 0 Å². The third-order valence-corrected chi connectivity index (χ3v) is 4.54. The number of fused-ring (bicyclic) bond motifs is 1. The summed E-state index contributed by atoms with van der Waals surface area (Å²) in [7, 11) is 0. The average Bonchev–Trinajstić information content (AvgIpc) is 3.05. The fourth-order valence-corrected chi connectivity index (χ4v) is 3.08. The van der Waals surface area contributed by atoms with Crippen molar-refractivity contribution >= 4 is 28.8 Å². The molecule has 1 aliphatic rings. The molecule has 4 rings (SSSR count). The van der Waals surface area contributed by atoms with Crippen LogP contribution >= 0.6 is 0 Å². The van der Waals surface area contributed by atoms with Crippen molar-refractivity contribution in [1.82, 2.24) is 15.2 Å². The van der Waals surface area contributed by atoms with Crippen LogP contribution in [0, 0.1) is 0 Å². The van der Waals surface area contributed by atoms with E-state index in [2.05, 4.69) is 10.3 Å². The Morgan fingerprint density at radius 3 is 2.54 bits per heavy atom. The molecule has 0 radical (unpaired) electrons. The van der Waals surface area contributed by atoms with Crippen LogP contribution < -0.4 is 5.32 Å². The summed E-state index contributed by atoms with van der Waals surface area (Å²) in [5.74, 6) is -0.816. The molecule has 0 bridgehead atoms. The van der Waals surface area contributed by atoms with Gasteiger partial charge in [-0.1, -0.05) is 54.6 Å². The van der Waals surface area contributed by atoms with E-state index in [9.17, 15) is 14.4 Å². The van der Waals surface area contributed by atoms with Gasteiger partial charge in [0.05, 0.1) is 18.1 Å². The number of hydrogen-bond acceptors (Lipinski definition) is 5. The standard InChI is InChI=1S/C21H17N3O4/c25-19-13-28-21(27)24(19)12-18(14-6-2-1-3-7-14)23-20(26)17-11-10-15-8-4-5-9-16(15)22-17/h1-11,18H,12-13H2,(H,23,26). The highest BCUT2D eigenvalue weighted by molar-refractivity contribution is 5.98. The third kappa shape index (κ3) is 3.55. The van der Waals surface area contributed by atoms with Crippen molar-refractivity contribution in [1.29, 1.82) is 0 Å². The molecule has 7 heteroatoms. The number of nitrogens with one attached hydrogen (secondary N) is 1. The van der Waals surface area contributed by atoms with Gasteiger partial charge in [-0.05, 0) is 17.7 Å². The van der Waals surface area contributed by atoms with E-state index in [0.717, 1.165) is 15.8 Å². The van der Waals surface area contributed by atoms with Crippen molar-refractivity contribution in [2.45, 2.75) is 6.04 Å². The van der Waals surface area contributed by atoms with Gasteiger partial charge < -0.3 is 10.1 Å². The first kappa shape index (κ1) is 17.7. The van der Waals surface area contributed by atoms with E-state index in [1.807, 2.05) is 60.7 Å². The van der Waals surface area contributed by atoms with Gasteiger partial charge in [0.25, 0.3) is 11.8 Å². The summed E-state index contributed by atoms with van der Waals surface area (Å²) in [4.78, 5) is 41.9. The maximum atomic E-state index is 12.8. The largest absolute Gasteiger partial charge is 0.439 e. The molecule has 7 nitrogen and oxygen atoms in total. The molecule has 3 amide bonds. The van der Waals surface area contributed by atoms with E-state index in [0.29, 0.717) is 5.52 Å². The minimum atomic E-state index is -0.705. The summed E-state index contributed by atoms with van der Waals surface area (Å²) in [6, 6.07) is 19.6. The van der Waals surface area contributed by atoms with Crippen molar-refractivity contribution in [3.8, 4) is 0 Å². The van der Waals surface area contributed by atoms with Crippen LogP contribution in [0.2, 0.25) is 0 Å². The average molecular weight is 375 g/mol. The van der Waals surface area contributed by atoms with E-state index in [1.165, 1.54) is 0 Å². The van der Waals surface area contributed by atoms with E-state index in [1.54, 1.807) is 6.07 Å². The summed E-state index contributed by atoms with van der Waals surface area (Å²) >= 11 is 0. The Morgan fingerprint density at radius 1 is 1.04 bits per heavy atom. The molecule has 0 saturated carbocycles. The SMILES string of the molecule is O=C(NC(CN1C(=O)COC1=O)c1ccccc1)c1ccc2ccccc2n1. The minimum absolute atomic E-state index is 0.0129. The number of benzene rings is 2. The van der Waals surface area contributed by atoms with Gasteiger partial charge in [0.1, 0.15) is 5.69 Å². The lowest BCUT2D eigenvalue weighted by atomic mass is 10.1. The summed E-state index contributed by atoms with van der Waals surface area (Å²) in [6.07, 6.45) is -0.705. The molecule has 1 fully saturated rings. The molecule has 1 atom stereocenters. The van der Waals surface area contributed by atoms with Gasteiger partial charge in [-0.15, -0.1) is 0 Å². The number of carbonyl (C=O) groups is 3. The molecule has 1 unspecified atom stereocenters. The molecule has 140 valence electrons. The van der Waals surface area contributed by atoms with Crippen LogP contribution in [-0.4, -0.2) is 40.9 Å². The predicted molar refractivity (Wildman–Crippen MR) is 101 cm³/mol. The molecular formula is C21H17N3O4. The number of cyclic esters (lactones) is 1. The molecule has 1 N–H and O–H groups in total. The van der Waals surface area contributed by atoms with Crippen molar-refractivity contribution in [3.05, 3.63) is 78.0 Å². The number of aromatic nitrogens is 1. The molecule has 3 aromatic rings. The van der Waals surface area contributed by atoms with Gasteiger partial charge >= 0.3 is 6.09 Å². The number of hydrogen-bond donors (Lipinski definition) is 1. The van der Waals surface area contributed by atoms with Crippen molar-refractivity contribution < 1.29 is 19.1 Å². The molecule has 2 aromatic carbocycles. The van der Waals surface area contributed by atoms with E-state index < -0.39 is 18.0 Å². The lowest BCUT2D eigenvalue weighted by molar-refractivity contribution is -0.126. The number of pyridine rings is 1. The normalized spacial score (nSPS) is 14.8. The van der Waals surface area contributed by atoms with Gasteiger partial charge in [0, 0.05) is 5.39 Å². The Hall–Kier alpha value is -3.74. The number of rotatable bonds is 5. The molecule has 2 heterocycles. The second-order valence-electron chi connectivity index (χ2n) is 6.38. The smallest absolute Gasteiger partial charge is 0.417 e. The van der Waals surface area contributed by atoms with Gasteiger partial charge in [-0.2, -0.15) is 0 Å². The van der Waals surface area contributed by atoms with Gasteiger partial charge in [-0.3, -0.25) is 9.59 Å². The second-order valence-corrected chi connectivity index (χ2v) is 6.38. The fraction of sp³-hybridized carbons (Fsp3) is 0.143. The first-order chi connectivity index (χ1) is 13.6. The Morgan fingerprint density at radius 2 is 1.79 bits per heavy atom. The summed E-state index contributed by atoms with van der Waals surface area (Å²) in [5.41, 5.74) is 1.74. The Balaban J connectivity index is 1.59. The van der Waals surface area contributed by atoms with E-state index in [-0.39, 0.29) is 24.8 Å². The molecule has 0 aliphatic carbocycles. The van der Waals surface area contributed by atoms with Crippen LogP contribution in [0.4, 0.5) is 4.79 Å². The van der Waals surface area contributed by atoms with Crippen LogP contribution in [-0.2, 0) is 9.53 Å². The van der Waals surface area contributed by atoms with Gasteiger partial charge in [0.15, 0.2) is 6.61 Å². The van der Waals surface area contributed by atoms with E-state index in [4.69, 9.17) is 4.74 Å². The quantitative estimate of drug-likeness (QED) is 0.741. The van der Waals surface area contributed by atoms with Crippen LogP contribution in [0.1, 0.15) is 22.1 Å². The van der Waals surface area contributed by atoms with E-state index >= 15 is 0 Å². The lowest BCUT2D eigenvalue weighted by Gasteiger charge is -2.22. The van der Waals surface area contributed by atoms with Crippen LogP contribution in [0.25, 0.3) is 10.9 Å². The van der Waals surface area contributed by atoms with Crippen molar-refractivity contribution in [2.75, 3.05) is 13.2 Å².